The molecule has 0 spiro atoms. The van der Waals surface area contributed by atoms with Gasteiger partial charge in [-0.2, -0.15) is 8.42 Å². The maximum Gasteiger partial charge on any atom is 0.288 e. The van der Waals surface area contributed by atoms with Gasteiger partial charge in [0, 0.05) is 5.56 Å². The first-order valence-corrected chi connectivity index (χ1v) is 11.7. The van der Waals surface area contributed by atoms with E-state index in [0.717, 1.165) is 4.31 Å². The van der Waals surface area contributed by atoms with Crippen molar-refractivity contribution in [3.05, 3.63) is 77.3 Å². The molecule has 1 atom stereocenters. The molecule has 4 rings (SSSR count). The van der Waals surface area contributed by atoms with Crippen LogP contribution in [0.15, 0.2) is 59.8 Å². The fourth-order valence-corrected chi connectivity index (χ4v) is 5.23. The third kappa shape index (κ3) is 3.80. The zero-order valence-corrected chi connectivity index (χ0v) is 19.5. The van der Waals surface area contributed by atoms with Crippen LogP contribution in [0, 0.1) is 6.57 Å². The van der Waals surface area contributed by atoms with Gasteiger partial charge in [-0.05, 0) is 48.9 Å². The molecule has 1 aliphatic heterocycles. The molecule has 0 bridgehead atoms. The molecular formula is C24H21N3O6S. The van der Waals surface area contributed by atoms with Gasteiger partial charge in [0.05, 0.1) is 45.2 Å². The molecule has 0 N–H and O–H groups in total. The van der Waals surface area contributed by atoms with E-state index in [2.05, 4.69) is 9.83 Å². The summed E-state index contributed by atoms with van der Waals surface area (Å²) in [5.74, 6) is -0.454. The van der Waals surface area contributed by atoms with Crippen molar-refractivity contribution >= 4 is 27.3 Å². The Morgan fingerprint density at radius 3 is 2.38 bits per heavy atom. The lowest BCUT2D eigenvalue weighted by Crippen LogP contribution is -2.36. The van der Waals surface area contributed by atoms with Crippen LogP contribution in [0.4, 0.5) is 11.4 Å². The Morgan fingerprint density at radius 2 is 1.76 bits per heavy atom. The highest BCUT2D eigenvalue weighted by atomic mass is 32.2. The minimum atomic E-state index is -4.36. The topological polar surface area (TPSA) is 99.4 Å². The number of pyridine rings is 1. The number of carbonyl (C=O) groups excluding carboxylic acids is 1. The summed E-state index contributed by atoms with van der Waals surface area (Å²) in [7, 11) is -1.43. The summed E-state index contributed by atoms with van der Waals surface area (Å²) in [5, 5.41) is -0.307. The maximum absolute atomic E-state index is 13.8. The predicted molar refractivity (Wildman–Crippen MR) is 124 cm³/mol. The number of methoxy groups -OCH3 is 2. The molecule has 0 fully saturated rings. The molecule has 0 saturated heterocycles. The maximum atomic E-state index is 13.8. The van der Waals surface area contributed by atoms with E-state index in [1.807, 2.05) is 6.92 Å². The van der Waals surface area contributed by atoms with Gasteiger partial charge in [0.2, 0.25) is 0 Å². The second-order valence-electron chi connectivity index (χ2n) is 7.27. The highest BCUT2D eigenvalue weighted by Crippen LogP contribution is 2.48. The van der Waals surface area contributed by atoms with Gasteiger partial charge < -0.3 is 14.2 Å². The van der Waals surface area contributed by atoms with E-state index in [4.69, 9.17) is 20.8 Å². The van der Waals surface area contributed by atoms with E-state index in [1.54, 1.807) is 18.2 Å². The molecule has 0 aliphatic carbocycles. The third-order valence-electron chi connectivity index (χ3n) is 5.39. The van der Waals surface area contributed by atoms with E-state index in [0.29, 0.717) is 35.0 Å². The Balaban J connectivity index is 1.92. The van der Waals surface area contributed by atoms with Crippen LogP contribution >= 0.6 is 0 Å². The summed E-state index contributed by atoms with van der Waals surface area (Å²) < 4.78 is 44.0. The van der Waals surface area contributed by atoms with Crippen molar-refractivity contribution in [1.82, 2.24) is 4.98 Å². The van der Waals surface area contributed by atoms with E-state index >= 15 is 0 Å². The van der Waals surface area contributed by atoms with Crippen molar-refractivity contribution in [2.24, 2.45) is 0 Å². The van der Waals surface area contributed by atoms with Crippen molar-refractivity contribution < 1.29 is 27.4 Å². The molecule has 3 aromatic rings. The molecule has 174 valence electrons. The van der Waals surface area contributed by atoms with Crippen molar-refractivity contribution in [3.63, 3.8) is 0 Å². The number of hydrogen-bond acceptors (Lipinski definition) is 7. The van der Waals surface area contributed by atoms with Crippen LogP contribution in [0.5, 0.6) is 17.2 Å². The number of rotatable bonds is 7. The summed E-state index contributed by atoms with van der Waals surface area (Å²) in [6, 6.07) is 12.2. The second-order valence-corrected chi connectivity index (χ2v) is 9.00. The SMILES string of the molecule is [C-]#[N+]c1ccc2c(c1)C(c1cc(OC)ccc1OCC)C(=O)N2S(=O)(=O)c1ccc(OC)cn1. The van der Waals surface area contributed by atoms with Crippen LogP contribution in [0.1, 0.15) is 24.0 Å². The number of ether oxygens (including phenoxy) is 3. The third-order valence-corrected chi connectivity index (χ3v) is 7.02. The number of aromatic nitrogens is 1. The molecule has 9 nitrogen and oxygen atoms in total. The van der Waals surface area contributed by atoms with Crippen LogP contribution in [0.2, 0.25) is 0 Å². The van der Waals surface area contributed by atoms with Crippen LogP contribution in [-0.2, 0) is 14.8 Å². The molecule has 1 amide bonds. The summed E-state index contributed by atoms with van der Waals surface area (Å²) >= 11 is 0. The van der Waals surface area contributed by atoms with E-state index in [1.165, 1.54) is 50.7 Å². The number of sulfonamides is 1. The lowest BCUT2D eigenvalue weighted by Gasteiger charge is -2.19. The molecule has 0 radical (unpaired) electrons. The number of hydrogen-bond donors (Lipinski definition) is 0. The number of amides is 1. The average molecular weight is 480 g/mol. The van der Waals surface area contributed by atoms with Gasteiger partial charge >= 0.3 is 0 Å². The van der Waals surface area contributed by atoms with Crippen molar-refractivity contribution in [1.29, 1.82) is 0 Å². The van der Waals surface area contributed by atoms with Gasteiger partial charge in [0.1, 0.15) is 17.2 Å². The molecule has 1 aromatic heterocycles. The number of nitrogens with zero attached hydrogens (tertiary/aromatic N) is 3. The number of benzene rings is 2. The minimum Gasteiger partial charge on any atom is -0.497 e. The minimum absolute atomic E-state index is 0.158. The monoisotopic (exact) mass is 479 g/mol. The summed E-state index contributed by atoms with van der Waals surface area (Å²) in [6.07, 6.45) is 1.27. The fraction of sp³-hybridized carbons (Fsp3) is 0.208. The summed E-state index contributed by atoms with van der Waals surface area (Å²) in [4.78, 5) is 21.2. The molecule has 1 aliphatic rings. The largest absolute Gasteiger partial charge is 0.497 e. The highest BCUT2D eigenvalue weighted by Gasteiger charge is 2.46. The number of anilines is 1. The Labute approximate surface area is 197 Å². The number of carbonyl (C=O) groups is 1. The van der Waals surface area contributed by atoms with Crippen LogP contribution < -0.4 is 18.5 Å². The van der Waals surface area contributed by atoms with Crippen LogP contribution in [0.3, 0.4) is 0 Å². The van der Waals surface area contributed by atoms with Crippen molar-refractivity contribution in [3.8, 4) is 17.2 Å². The van der Waals surface area contributed by atoms with Gasteiger partial charge in [-0.3, -0.25) is 4.79 Å². The van der Waals surface area contributed by atoms with E-state index in [9.17, 15) is 13.2 Å². The quantitative estimate of drug-likeness (QED) is 0.474. The first-order chi connectivity index (χ1) is 16.3. The normalized spacial score (nSPS) is 14.9. The van der Waals surface area contributed by atoms with Gasteiger partial charge in [-0.15, -0.1) is 0 Å². The van der Waals surface area contributed by atoms with Gasteiger partial charge in [-0.1, -0.05) is 12.1 Å². The van der Waals surface area contributed by atoms with Gasteiger partial charge in [0.15, 0.2) is 10.7 Å². The fourth-order valence-electron chi connectivity index (χ4n) is 3.84. The molecular weight excluding hydrogens is 458 g/mol. The smallest absolute Gasteiger partial charge is 0.288 e. The lowest BCUT2D eigenvalue weighted by atomic mass is 9.91. The molecule has 1 unspecified atom stereocenters. The standard InChI is InChI=1S/C24H21N3O6S/c1-5-33-21-10-7-16(31-3)13-19(21)23-18-12-15(25-2)6-9-20(18)27(24(23)28)34(29,30)22-11-8-17(32-4)14-26-22/h6-14,23H,5H2,1,3-4H3. The van der Waals surface area contributed by atoms with Crippen molar-refractivity contribution in [2.45, 2.75) is 17.9 Å². The highest BCUT2D eigenvalue weighted by molar-refractivity contribution is 7.93. The van der Waals surface area contributed by atoms with Gasteiger partial charge in [-0.25, -0.2) is 14.1 Å². The summed E-state index contributed by atoms with van der Waals surface area (Å²) in [6.45, 7) is 9.53. The van der Waals surface area contributed by atoms with Gasteiger partial charge in [0.25, 0.3) is 15.9 Å². The lowest BCUT2D eigenvalue weighted by molar-refractivity contribution is -0.117. The van der Waals surface area contributed by atoms with Crippen LogP contribution in [0.25, 0.3) is 4.85 Å². The second kappa shape index (κ2) is 9.03. The zero-order valence-electron chi connectivity index (χ0n) is 18.7. The zero-order chi connectivity index (χ0) is 24.5. The molecule has 0 saturated carbocycles. The Kier molecular flexibility index (Phi) is 6.13. The Morgan fingerprint density at radius 1 is 1.03 bits per heavy atom. The van der Waals surface area contributed by atoms with E-state index in [-0.39, 0.29) is 16.4 Å². The Hall–Kier alpha value is -4.10. The predicted octanol–water partition coefficient (Wildman–Crippen LogP) is 3.92. The molecule has 2 heterocycles. The molecule has 10 heteroatoms. The molecule has 2 aromatic carbocycles. The number of fused-ring (bicyclic) bond motifs is 1. The van der Waals surface area contributed by atoms with E-state index < -0.39 is 21.8 Å². The van der Waals surface area contributed by atoms with Crippen LogP contribution in [-0.4, -0.2) is 40.1 Å². The molecule has 34 heavy (non-hydrogen) atoms. The first kappa shape index (κ1) is 23.1. The Bertz CT molecular complexity index is 1400. The average Bonchev–Trinajstić information content (AvgIpc) is 3.15. The van der Waals surface area contributed by atoms with Crippen molar-refractivity contribution in [2.75, 3.05) is 25.1 Å². The summed E-state index contributed by atoms with van der Waals surface area (Å²) in [5.41, 5.74) is 1.25. The first-order valence-electron chi connectivity index (χ1n) is 10.3.